The lowest BCUT2D eigenvalue weighted by Crippen LogP contribution is -1.97. The molecule has 0 saturated carbocycles. The van der Waals surface area contributed by atoms with Gasteiger partial charge in [0, 0.05) is 10.7 Å². The van der Waals surface area contributed by atoms with E-state index in [9.17, 15) is 12.8 Å². The molecule has 0 bridgehead atoms. The van der Waals surface area contributed by atoms with Gasteiger partial charge in [-0.25, -0.2) is 12.8 Å². The monoisotopic (exact) mass is 252 g/mol. The summed E-state index contributed by atoms with van der Waals surface area (Å²) in [7, 11) is -3.32. The van der Waals surface area contributed by atoms with E-state index in [2.05, 4.69) is 15.9 Å². The number of hydrogen-bond donors (Lipinski definition) is 0. The van der Waals surface area contributed by atoms with E-state index in [0.717, 1.165) is 12.3 Å². The zero-order valence-corrected chi connectivity index (χ0v) is 8.62. The largest absolute Gasteiger partial charge is 0.224 e. The van der Waals surface area contributed by atoms with E-state index in [1.165, 1.54) is 12.1 Å². The van der Waals surface area contributed by atoms with E-state index in [1.54, 1.807) is 0 Å². The summed E-state index contributed by atoms with van der Waals surface area (Å²) in [5.74, 6) is -0.565. The molecule has 0 N–H and O–H groups in total. The molecule has 0 spiro atoms. The maximum atomic E-state index is 12.7. The Balaban J connectivity index is 3.37. The molecule has 0 amide bonds. The highest BCUT2D eigenvalue weighted by Gasteiger charge is 2.08. The predicted molar refractivity (Wildman–Crippen MR) is 47.2 cm³/mol. The summed E-state index contributed by atoms with van der Waals surface area (Å²) in [6.07, 6.45) is 1.04. The van der Waals surface area contributed by atoms with Crippen LogP contribution in [0.5, 0.6) is 0 Å². The third-order valence-corrected chi connectivity index (χ3v) is 2.81. The second-order valence-electron chi connectivity index (χ2n) is 2.38. The van der Waals surface area contributed by atoms with Crippen LogP contribution in [0, 0.1) is 5.82 Å². The van der Waals surface area contributed by atoms with Crippen molar-refractivity contribution in [3.05, 3.63) is 28.5 Å². The standard InChI is InChI=1S/C7H6BrFO2S/c1-12(10,11)7-3-5(8)2-6(9)4-7/h2-4H,1H3. The minimum Gasteiger partial charge on any atom is -0.224 e. The number of rotatable bonds is 1. The Kier molecular flexibility index (Phi) is 2.53. The summed E-state index contributed by atoms with van der Waals surface area (Å²) in [6.45, 7) is 0. The van der Waals surface area contributed by atoms with Gasteiger partial charge in [0.25, 0.3) is 0 Å². The van der Waals surface area contributed by atoms with E-state index in [1.807, 2.05) is 0 Å². The van der Waals surface area contributed by atoms with Gasteiger partial charge < -0.3 is 0 Å². The molecule has 0 aliphatic rings. The number of halogens is 2. The lowest BCUT2D eigenvalue weighted by atomic mass is 10.3. The zero-order chi connectivity index (χ0) is 9.35. The van der Waals surface area contributed by atoms with Crippen molar-refractivity contribution >= 4 is 25.8 Å². The van der Waals surface area contributed by atoms with E-state index >= 15 is 0 Å². The number of hydrogen-bond acceptors (Lipinski definition) is 2. The van der Waals surface area contributed by atoms with Gasteiger partial charge in [0.15, 0.2) is 9.84 Å². The summed E-state index contributed by atoms with van der Waals surface area (Å²) in [5, 5.41) is 0. The predicted octanol–water partition coefficient (Wildman–Crippen LogP) is 1.99. The maximum absolute atomic E-state index is 12.7. The molecule has 1 aromatic carbocycles. The molecule has 66 valence electrons. The Labute approximate surface area is 78.5 Å². The molecule has 0 aliphatic carbocycles. The van der Waals surface area contributed by atoms with Gasteiger partial charge in [0.2, 0.25) is 0 Å². The number of sulfone groups is 1. The molecule has 0 unspecified atom stereocenters. The molecule has 0 atom stereocenters. The highest BCUT2D eigenvalue weighted by Crippen LogP contribution is 2.18. The van der Waals surface area contributed by atoms with Crippen LogP contribution in [0.2, 0.25) is 0 Å². The molecular formula is C7H6BrFO2S. The maximum Gasteiger partial charge on any atom is 0.175 e. The molecule has 0 aliphatic heterocycles. The van der Waals surface area contributed by atoms with E-state index in [-0.39, 0.29) is 4.90 Å². The highest BCUT2D eigenvalue weighted by atomic mass is 79.9. The Bertz CT molecular complexity index is 380. The fraction of sp³-hybridized carbons (Fsp3) is 0.143. The smallest absolute Gasteiger partial charge is 0.175 e. The van der Waals surface area contributed by atoms with Crippen LogP contribution in [0.25, 0.3) is 0 Å². The van der Waals surface area contributed by atoms with E-state index in [4.69, 9.17) is 0 Å². The Morgan fingerprint density at radius 2 is 1.92 bits per heavy atom. The summed E-state index contributed by atoms with van der Waals surface area (Å²) < 4.78 is 35.0. The molecular weight excluding hydrogens is 247 g/mol. The SMILES string of the molecule is CS(=O)(=O)c1cc(F)cc(Br)c1. The third-order valence-electron chi connectivity index (χ3n) is 1.26. The molecule has 12 heavy (non-hydrogen) atoms. The van der Waals surface area contributed by atoms with Gasteiger partial charge in [0.05, 0.1) is 4.90 Å². The lowest BCUT2D eigenvalue weighted by Gasteiger charge is -1.98. The Morgan fingerprint density at radius 3 is 2.33 bits per heavy atom. The van der Waals surface area contributed by atoms with Crippen LogP contribution in [0.4, 0.5) is 4.39 Å². The molecule has 2 nitrogen and oxygen atoms in total. The summed E-state index contributed by atoms with van der Waals surface area (Å²) >= 11 is 3.00. The van der Waals surface area contributed by atoms with Gasteiger partial charge in [-0.15, -0.1) is 0 Å². The molecule has 0 fully saturated rings. The van der Waals surface area contributed by atoms with Crippen LogP contribution in [0.3, 0.4) is 0 Å². The molecule has 0 heterocycles. The fourth-order valence-corrected chi connectivity index (χ4v) is 2.03. The van der Waals surface area contributed by atoms with Crippen molar-refractivity contribution in [2.75, 3.05) is 6.26 Å². The van der Waals surface area contributed by atoms with Crippen molar-refractivity contribution in [1.29, 1.82) is 0 Å². The number of benzene rings is 1. The van der Waals surface area contributed by atoms with E-state index in [0.29, 0.717) is 4.47 Å². The van der Waals surface area contributed by atoms with Crippen molar-refractivity contribution in [2.45, 2.75) is 4.90 Å². The first-order valence-corrected chi connectivity index (χ1v) is 5.74. The highest BCUT2D eigenvalue weighted by molar-refractivity contribution is 9.10. The van der Waals surface area contributed by atoms with Crippen molar-refractivity contribution in [3.8, 4) is 0 Å². The van der Waals surface area contributed by atoms with Crippen LogP contribution in [0.15, 0.2) is 27.6 Å². The fourth-order valence-electron chi connectivity index (χ4n) is 0.743. The first-order valence-electron chi connectivity index (χ1n) is 3.06. The van der Waals surface area contributed by atoms with Crippen molar-refractivity contribution < 1.29 is 12.8 Å². The van der Waals surface area contributed by atoms with E-state index < -0.39 is 15.7 Å². The van der Waals surface area contributed by atoms with Crippen LogP contribution in [-0.2, 0) is 9.84 Å². The van der Waals surface area contributed by atoms with Crippen molar-refractivity contribution in [3.63, 3.8) is 0 Å². The molecule has 1 rings (SSSR count). The average Bonchev–Trinajstić information content (AvgIpc) is 1.82. The normalized spacial score (nSPS) is 11.6. The molecule has 1 aromatic rings. The second kappa shape index (κ2) is 3.14. The first kappa shape index (κ1) is 9.67. The van der Waals surface area contributed by atoms with Crippen molar-refractivity contribution in [1.82, 2.24) is 0 Å². The Morgan fingerprint density at radius 1 is 1.33 bits per heavy atom. The third kappa shape index (κ3) is 2.28. The summed E-state index contributed by atoms with van der Waals surface area (Å²) in [5.41, 5.74) is 0. The molecule has 0 aromatic heterocycles. The summed E-state index contributed by atoms with van der Waals surface area (Å²) in [4.78, 5) is -0.0191. The van der Waals surface area contributed by atoms with Gasteiger partial charge in [-0.1, -0.05) is 15.9 Å². The van der Waals surface area contributed by atoms with Crippen LogP contribution in [0.1, 0.15) is 0 Å². The zero-order valence-electron chi connectivity index (χ0n) is 6.21. The first-order chi connectivity index (χ1) is 5.39. The Hall–Kier alpha value is -0.420. The summed E-state index contributed by atoms with van der Waals surface area (Å²) in [6, 6.07) is 3.55. The second-order valence-corrected chi connectivity index (χ2v) is 5.31. The van der Waals surface area contributed by atoms with Crippen LogP contribution >= 0.6 is 15.9 Å². The average molecular weight is 253 g/mol. The quantitative estimate of drug-likeness (QED) is 0.767. The van der Waals surface area contributed by atoms with Gasteiger partial charge in [-0.05, 0) is 18.2 Å². The topological polar surface area (TPSA) is 34.1 Å². The van der Waals surface area contributed by atoms with Gasteiger partial charge in [0.1, 0.15) is 5.82 Å². The van der Waals surface area contributed by atoms with Crippen LogP contribution < -0.4 is 0 Å². The van der Waals surface area contributed by atoms with Crippen LogP contribution in [-0.4, -0.2) is 14.7 Å². The molecule has 5 heteroatoms. The van der Waals surface area contributed by atoms with Gasteiger partial charge in [-0.2, -0.15) is 0 Å². The minimum atomic E-state index is -3.32. The lowest BCUT2D eigenvalue weighted by molar-refractivity contribution is 0.595. The molecule has 0 radical (unpaired) electrons. The van der Waals surface area contributed by atoms with Gasteiger partial charge in [-0.3, -0.25) is 0 Å². The van der Waals surface area contributed by atoms with Gasteiger partial charge >= 0.3 is 0 Å². The molecule has 0 saturated heterocycles. The van der Waals surface area contributed by atoms with Crippen molar-refractivity contribution in [2.24, 2.45) is 0 Å². The minimum absolute atomic E-state index is 0.0191.